The number of rotatable bonds is 5. The standard InChI is InChI=1S/C27H26N4O3/c1-27(2,3)34-26(33)31-25(28)21-12-14-23(15-13-21)30-17-4-6-19-8-10-20(11-9-19)24(32)22-7-5-16-29-18-22/h5,7-16,18,30H,17H2,1-3H3,(H2,28,31,33). The first-order chi connectivity index (χ1) is 16.2. The first-order valence-electron chi connectivity index (χ1n) is 10.7. The number of hydrogen-bond acceptors (Lipinski definition) is 6. The third-order valence-corrected chi connectivity index (χ3v) is 4.48. The van der Waals surface area contributed by atoms with Crippen LogP contribution in [0.4, 0.5) is 10.5 Å². The maximum Gasteiger partial charge on any atom is 0.413 e. The lowest BCUT2D eigenvalue weighted by Crippen LogP contribution is -2.36. The van der Waals surface area contributed by atoms with E-state index in [4.69, 9.17) is 10.1 Å². The lowest BCUT2D eigenvalue weighted by molar-refractivity contribution is 0.0563. The predicted octanol–water partition coefficient (Wildman–Crippen LogP) is 4.63. The molecule has 0 fully saturated rings. The highest BCUT2D eigenvalue weighted by Gasteiger charge is 2.17. The summed E-state index contributed by atoms with van der Waals surface area (Å²) in [5, 5.41) is 13.6. The van der Waals surface area contributed by atoms with Crippen LogP contribution in [0.25, 0.3) is 0 Å². The van der Waals surface area contributed by atoms with Crippen LogP contribution >= 0.6 is 0 Å². The Morgan fingerprint density at radius 2 is 1.65 bits per heavy atom. The Morgan fingerprint density at radius 3 is 2.26 bits per heavy atom. The number of anilines is 1. The number of pyridine rings is 1. The first kappa shape index (κ1) is 24.2. The fourth-order valence-corrected chi connectivity index (χ4v) is 2.89. The lowest BCUT2D eigenvalue weighted by Gasteiger charge is -2.19. The van der Waals surface area contributed by atoms with Gasteiger partial charge in [0.15, 0.2) is 5.78 Å². The van der Waals surface area contributed by atoms with Crippen molar-refractivity contribution in [2.75, 3.05) is 11.9 Å². The van der Waals surface area contributed by atoms with Gasteiger partial charge in [0, 0.05) is 40.3 Å². The number of nitrogens with one attached hydrogen (secondary N) is 3. The van der Waals surface area contributed by atoms with Crippen LogP contribution in [0.1, 0.15) is 47.8 Å². The Labute approximate surface area is 199 Å². The maximum atomic E-state index is 12.4. The van der Waals surface area contributed by atoms with E-state index in [9.17, 15) is 9.59 Å². The Balaban J connectivity index is 1.50. The number of benzene rings is 2. The number of carbonyl (C=O) groups is 2. The van der Waals surface area contributed by atoms with E-state index in [1.165, 1.54) is 0 Å². The van der Waals surface area contributed by atoms with Crippen LogP contribution in [0.5, 0.6) is 0 Å². The smallest absolute Gasteiger partial charge is 0.413 e. The van der Waals surface area contributed by atoms with E-state index < -0.39 is 11.7 Å². The molecule has 0 unspecified atom stereocenters. The zero-order chi connectivity index (χ0) is 24.6. The van der Waals surface area contributed by atoms with E-state index in [-0.39, 0.29) is 11.6 Å². The van der Waals surface area contributed by atoms with Gasteiger partial charge in [-0.3, -0.25) is 20.5 Å². The van der Waals surface area contributed by atoms with E-state index in [1.54, 1.807) is 81.7 Å². The zero-order valence-corrected chi connectivity index (χ0v) is 19.3. The Kier molecular flexibility index (Phi) is 7.78. The summed E-state index contributed by atoms with van der Waals surface area (Å²) < 4.78 is 5.16. The van der Waals surface area contributed by atoms with Gasteiger partial charge in [-0.25, -0.2) is 4.79 Å². The van der Waals surface area contributed by atoms with Crippen LogP contribution in [-0.2, 0) is 4.74 Å². The van der Waals surface area contributed by atoms with Gasteiger partial charge in [-0.1, -0.05) is 11.8 Å². The van der Waals surface area contributed by atoms with Crippen LogP contribution < -0.4 is 10.6 Å². The van der Waals surface area contributed by atoms with Gasteiger partial charge in [0.05, 0.1) is 6.54 Å². The summed E-state index contributed by atoms with van der Waals surface area (Å²) in [6.07, 6.45) is 2.52. The summed E-state index contributed by atoms with van der Waals surface area (Å²) in [5.41, 5.74) is 2.71. The van der Waals surface area contributed by atoms with Crippen molar-refractivity contribution in [2.24, 2.45) is 0 Å². The highest BCUT2D eigenvalue weighted by Crippen LogP contribution is 2.12. The molecule has 7 nitrogen and oxygen atoms in total. The van der Waals surface area contributed by atoms with Gasteiger partial charge in [0.1, 0.15) is 11.4 Å². The molecule has 0 aliphatic heterocycles. The van der Waals surface area contributed by atoms with Gasteiger partial charge in [-0.2, -0.15) is 0 Å². The van der Waals surface area contributed by atoms with E-state index in [2.05, 4.69) is 27.5 Å². The highest BCUT2D eigenvalue weighted by atomic mass is 16.6. The van der Waals surface area contributed by atoms with Crippen LogP contribution in [0.15, 0.2) is 73.1 Å². The largest absolute Gasteiger partial charge is 0.444 e. The van der Waals surface area contributed by atoms with Gasteiger partial charge < -0.3 is 10.1 Å². The fraction of sp³-hybridized carbons (Fsp3) is 0.185. The summed E-state index contributed by atoms with van der Waals surface area (Å²) in [6.45, 7) is 5.71. The Hall–Kier alpha value is -4.44. The second-order valence-electron chi connectivity index (χ2n) is 8.38. The molecule has 0 bridgehead atoms. The number of amides is 1. The van der Waals surface area contributed by atoms with E-state index >= 15 is 0 Å². The predicted molar refractivity (Wildman–Crippen MR) is 132 cm³/mol. The van der Waals surface area contributed by atoms with Crippen LogP contribution in [0.3, 0.4) is 0 Å². The SMILES string of the molecule is CC(C)(C)OC(=O)NC(=N)c1ccc(NCC#Cc2ccc(C(=O)c3cccnc3)cc2)cc1. The first-order valence-corrected chi connectivity index (χ1v) is 10.7. The molecular weight excluding hydrogens is 428 g/mol. The molecular formula is C27H26N4O3. The zero-order valence-electron chi connectivity index (χ0n) is 19.3. The van der Waals surface area contributed by atoms with Gasteiger partial charge in [-0.05, 0) is 81.4 Å². The topological polar surface area (TPSA) is 104 Å². The quantitative estimate of drug-likeness (QED) is 0.226. The Morgan fingerprint density at radius 1 is 0.971 bits per heavy atom. The average Bonchev–Trinajstić information content (AvgIpc) is 2.81. The van der Waals surface area contributed by atoms with E-state index in [0.717, 1.165) is 11.3 Å². The van der Waals surface area contributed by atoms with Crippen molar-refractivity contribution >= 4 is 23.4 Å². The third-order valence-electron chi connectivity index (χ3n) is 4.48. The molecule has 0 radical (unpaired) electrons. The summed E-state index contributed by atoms with van der Waals surface area (Å²) in [5.74, 6) is 5.99. The number of alkyl carbamates (subject to hydrolysis) is 1. The molecule has 7 heteroatoms. The number of amidine groups is 1. The molecule has 3 rings (SSSR count). The molecule has 0 saturated heterocycles. The van der Waals surface area contributed by atoms with Crippen molar-refractivity contribution in [1.82, 2.24) is 10.3 Å². The van der Waals surface area contributed by atoms with Crippen molar-refractivity contribution in [3.05, 3.63) is 95.3 Å². The second-order valence-corrected chi connectivity index (χ2v) is 8.38. The fourth-order valence-electron chi connectivity index (χ4n) is 2.89. The molecule has 0 aliphatic rings. The molecule has 0 saturated carbocycles. The van der Waals surface area contributed by atoms with E-state index in [0.29, 0.717) is 23.2 Å². The van der Waals surface area contributed by atoms with Crippen LogP contribution in [-0.4, -0.2) is 34.8 Å². The molecule has 2 aromatic carbocycles. The molecule has 3 N–H and O–H groups in total. The number of hydrogen-bond donors (Lipinski definition) is 3. The number of nitrogens with zero attached hydrogens (tertiary/aromatic N) is 1. The molecule has 1 aromatic heterocycles. The van der Waals surface area contributed by atoms with Crippen molar-refractivity contribution in [3.63, 3.8) is 0 Å². The Bertz CT molecular complexity index is 1220. The number of aromatic nitrogens is 1. The van der Waals surface area contributed by atoms with Crippen LogP contribution in [0, 0.1) is 17.3 Å². The number of ether oxygens (including phenoxy) is 1. The summed E-state index contributed by atoms with van der Waals surface area (Å²) in [7, 11) is 0. The normalized spacial score (nSPS) is 10.4. The number of ketones is 1. The third kappa shape index (κ3) is 7.31. The van der Waals surface area contributed by atoms with Crippen molar-refractivity contribution in [2.45, 2.75) is 26.4 Å². The molecule has 3 aromatic rings. The molecule has 0 atom stereocenters. The van der Waals surface area contributed by atoms with Gasteiger partial charge in [0.2, 0.25) is 0 Å². The minimum atomic E-state index is -0.663. The summed E-state index contributed by atoms with van der Waals surface area (Å²) >= 11 is 0. The minimum absolute atomic E-state index is 0.0361. The van der Waals surface area contributed by atoms with Gasteiger partial charge in [-0.15, -0.1) is 0 Å². The lowest BCUT2D eigenvalue weighted by atomic mass is 10.0. The van der Waals surface area contributed by atoms with Gasteiger partial charge in [0.25, 0.3) is 0 Å². The molecule has 1 amide bonds. The van der Waals surface area contributed by atoms with Crippen molar-refractivity contribution < 1.29 is 14.3 Å². The number of carbonyl (C=O) groups excluding carboxylic acids is 2. The summed E-state index contributed by atoms with van der Waals surface area (Å²) in [6, 6.07) is 17.7. The highest BCUT2D eigenvalue weighted by molar-refractivity contribution is 6.08. The van der Waals surface area contributed by atoms with Gasteiger partial charge >= 0.3 is 6.09 Å². The summed E-state index contributed by atoms with van der Waals surface area (Å²) in [4.78, 5) is 28.2. The molecule has 0 aliphatic carbocycles. The molecule has 1 heterocycles. The maximum absolute atomic E-state index is 12.4. The molecule has 34 heavy (non-hydrogen) atoms. The molecule has 172 valence electrons. The monoisotopic (exact) mass is 454 g/mol. The minimum Gasteiger partial charge on any atom is -0.444 e. The van der Waals surface area contributed by atoms with E-state index in [1.807, 2.05) is 12.1 Å². The molecule has 0 spiro atoms. The average molecular weight is 455 g/mol. The van der Waals surface area contributed by atoms with Crippen molar-refractivity contribution in [1.29, 1.82) is 5.41 Å². The van der Waals surface area contributed by atoms with Crippen molar-refractivity contribution in [3.8, 4) is 11.8 Å². The second kappa shape index (κ2) is 10.9. The van der Waals surface area contributed by atoms with Crippen LogP contribution in [0.2, 0.25) is 0 Å².